The van der Waals surface area contributed by atoms with Gasteiger partial charge in [0.2, 0.25) is 0 Å². The van der Waals surface area contributed by atoms with Crippen LogP contribution in [0.25, 0.3) is 11.1 Å². The van der Waals surface area contributed by atoms with Gasteiger partial charge in [-0.05, 0) is 37.1 Å². The van der Waals surface area contributed by atoms with E-state index in [2.05, 4.69) is 33.4 Å². The first kappa shape index (κ1) is 13.4. The molecule has 0 unspecified atom stereocenters. The second-order valence-corrected chi connectivity index (χ2v) is 6.01. The van der Waals surface area contributed by atoms with Crippen molar-refractivity contribution in [3.05, 3.63) is 30.3 Å². The van der Waals surface area contributed by atoms with Crippen molar-refractivity contribution in [1.82, 2.24) is 9.27 Å². The Hall–Kier alpha value is -1.59. The van der Waals surface area contributed by atoms with E-state index >= 15 is 0 Å². The Balaban J connectivity index is 1.94. The number of likely N-dealkylation sites (N-methyl/N-ethyl adjacent to an activating group) is 1. The SMILES string of the molecule is CN1CCCN(c2snc(N)c2-c2ccccc2)CC1. The Morgan fingerprint density at radius 1 is 1.10 bits per heavy atom. The van der Waals surface area contributed by atoms with E-state index in [1.165, 1.54) is 23.0 Å². The van der Waals surface area contributed by atoms with Crippen molar-refractivity contribution < 1.29 is 0 Å². The smallest absolute Gasteiger partial charge is 0.147 e. The Morgan fingerprint density at radius 3 is 2.70 bits per heavy atom. The number of benzene rings is 1. The van der Waals surface area contributed by atoms with E-state index in [0.29, 0.717) is 5.82 Å². The van der Waals surface area contributed by atoms with Gasteiger partial charge in [-0.3, -0.25) is 0 Å². The molecule has 3 rings (SSSR count). The summed E-state index contributed by atoms with van der Waals surface area (Å²) in [5.74, 6) is 0.647. The standard InChI is InChI=1S/C15H20N4S/c1-18-8-5-9-19(11-10-18)15-13(14(16)17-20-15)12-6-3-2-4-7-12/h2-4,6-7H,5,8-11H2,1H3,(H2,16,17). The predicted molar refractivity (Wildman–Crippen MR) is 86.3 cm³/mol. The van der Waals surface area contributed by atoms with Crippen LogP contribution in [0.15, 0.2) is 30.3 Å². The molecule has 20 heavy (non-hydrogen) atoms. The number of nitrogens with two attached hydrogens (primary N) is 1. The molecule has 1 aliphatic rings. The Kier molecular flexibility index (Phi) is 3.89. The van der Waals surface area contributed by atoms with Crippen LogP contribution in [0, 0.1) is 0 Å². The summed E-state index contributed by atoms with van der Waals surface area (Å²) < 4.78 is 4.38. The molecular formula is C15H20N4S. The first-order valence-electron chi connectivity index (χ1n) is 7.00. The molecule has 0 saturated carbocycles. The highest BCUT2D eigenvalue weighted by Crippen LogP contribution is 2.39. The summed E-state index contributed by atoms with van der Waals surface area (Å²) in [5, 5.41) is 1.21. The number of rotatable bonds is 2. The number of aromatic nitrogens is 1. The van der Waals surface area contributed by atoms with Crippen LogP contribution < -0.4 is 10.6 Å². The van der Waals surface area contributed by atoms with Crippen molar-refractivity contribution >= 4 is 22.4 Å². The summed E-state index contributed by atoms with van der Waals surface area (Å²) in [7, 11) is 2.18. The fourth-order valence-corrected chi connectivity index (χ4v) is 3.52. The first-order valence-corrected chi connectivity index (χ1v) is 7.77. The molecule has 0 aliphatic carbocycles. The monoisotopic (exact) mass is 288 g/mol. The Labute approximate surface area is 124 Å². The lowest BCUT2D eigenvalue weighted by Gasteiger charge is -2.22. The molecule has 0 radical (unpaired) electrons. The molecule has 1 saturated heterocycles. The van der Waals surface area contributed by atoms with Crippen molar-refractivity contribution in [2.75, 3.05) is 43.9 Å². The fraction of sp³-hybridized carbons (Fsp3) is 0.400. The van der Waals surface area contributed by atoms with E-state index in [0.717, 1.165) is 37.3 Å². The van der Waals surface area contributed by atoms with Crippen molar-refractivity contribution in [3.63, 3.8) is 0 Å². The lowest BCUT2D eigenvalue weighted by atomic mass is 10.1. The maximum absolute atomic E-state index is 6.11. The van der Waals surface area contributed by atoms with Crippen molar-refractivity contribution in [2.45, 2.75) is 6.42 Å². The van der Waals surface area contributed by atoms with E-state index in [4.69, 9.17) is 5.73 Å². The van der Waals surface area contributed by atoms with Crippen LogP contribution in [0.5, 0.6) is 0 Å². The molecule has 1 aromatic heterocycles. The average Bonchev–Trinajstić information content (AvgIpc) is 2.71. The van der Waals surface area contributed by atoms with E-state index in [1.807, 2.05) is 18.2 Å². The highest BCUT2D eigenvalue weighted by Gasteiger charge is 2.21. The van der Waals surface area contributed by atoms with Gasteiger partial charge in [0, 0.05) is 19.6 Å². The molecule has 2 heterocycles. The molecule has 4 nitrogen and oxygen atoms in total. The number of anilines is 2. The average molecular weight is 288 g/mol. The third kappa shape index (κ3) is 2.64. The van der Waals surface area contributed by atoms with E-state index < -0.39 is 0 Å². The molecule has 0 spiro atoms. The molecule has 2 aromatic rings. The Morgan fingerprint density at radius 2 is 1.90 bits per heavy atom. The summed E-state index contributed by atoms with van der Waals surface area (Å²) in [5.41, 5.74) is 8.36. The number of nitrogens with zero attached hydrogens (tertiary/aromatic N) is 3. The number of hydrogen-bond donors (Lipinski definition) is 1. The van der Waals surface area contributed by atoms with Crippen LogP contribution in [0.1, 0.15) is 6.42 Å². The van der Waals surface area contributed by atoms with Crippen LogP contribution >= 0.6 is 11.5 Å². The van der Waals surface area contributed by atoms with Gasteiger partial charge in [0.05, 0.1) is 5.56 Å². The minimum atomic E-state index is 0.647. The van der Waals surface area contributed by atoms with E-state index in [-0.39, 0.29) is 0 Å². The lowest BCUT2D eigenvalue weighted by Crippen LogP contribution is -2.28. The topological polar surface area (TPSA) is 45.4 Å². The van der Waals surface area contributed by atoms with Gasteiger partial charge in [0.1, 0.15) is 10.8 Å². The summed E-state index contributed by atoms with van der Waals surface area (Å²) >= 11 is 1.52. The zero-order chi connectivity index (χ0) is 13.9. The minimum Gasteiger partial charge on any atom is -0.382 e. The van der Waals surface area contributed by atoms with Crippen LogP contribution in [0.4, 0.5) is 10.8 Å². The molecule has 1 aliphatic heterocycles. The van der Waals surface area contributed by atoms with Crippen LogP contribution in [0.3, 0.4) is 0 Å². The maximum atomic E-state index is 6.11. The van der Waals surface area contributed by atoms with Crippen LogP contribution in [-0.4, -0.2) is 42.5 Å². The highest BCUT2D eigenvalue weighted by atomic mass is 32.1. The quantitative estimate of drug-likeness (QED) is 0.922. The first-order chi connectivity index (χ1) is 9.75. The highest BCUT2D eigenvalue weighted by molar-refractivity contribution is 7.11. The molecule has 0 bridgehead atoms. The van der Waals surface area contributed by atoms with Gasteiger partial charge >= 0.3 is 0 Å². The van der Waals surface area contributed by atoms with E-state index in [1.54, 1.807) is 0 Å². The minimum absolute atomic E-state index is 0.647. The Bertz CT molecular complexity index is 567. The van der Waals surface area contributed by atoms with Gasteiger partial charge in [-0.2, -0.15) is 4.37 Å². The summed E-state index contributed by atoms with van der Waals surface area (Å²) in [4.78, 5) is 4.81. The van der Waals surface area contributed by atoms with Gasteiger partial charge in [-0.15, -0.1) is 0 Å². The second kappa shape index (κ2) is 5.81. The summed E-state index contributed by atoms with van der Waals surface area (Å²) in [6, 6.07) is 10.3. The third-order valence-electron chi connectivity index (χ3n) is 3.77. The van der Waals surface area contributed by atoms with Gasteiger partial charge in [0.25, 0.3) is 0 Å². The van der Waals surface area contributed by atoms with Gasteiger partial charge in [-0.25, -0.2) is 0 Å². The largest absolute Gasteiger partial charge is 0.382 e. The molecule has 1 fully saturated rings. The molecule has 2 N–H and O–H groups in total. The van der Waals surface area contributed by atoms with Crippen LogP contribution in [-0.2, 0) is 0 Å². The normalized spacial score (nSPS) is 17.1. The molecule has 0 amide bonds. The van der Waals surface area contributed by atoms with Crippen molar-refractivity contribution in [1.29, 1.82) is 0 Å². The fourth-order valence-electron chi connectivity index (χ4n) is 2.63. The van der Waals surface area contributed by atoms with Gasteiger partial charge < -0.3 is 15.5 Å². The number of hydrogen-bond acceptors (Lipinski definition) is 5. The molecule has 106 valence electrons. The zero-order valence-corrected chi connectivity index (χ0v) is 12.6. The van der Waals surface area contributed by atoms with Gasteiger partial charge in [-0.1, -0.05) is 30.3 Å². The van der Waals surface area contributed by atoms with Crippen LogP contribution in [0.2, 0.25) is 0 Å². The zero-order valence-electron chi connectivity index (χ0n) is 11.7. The summed E-state index contributed by atoms with van der Waals surface area (Å²) in [6.45, 7) is 4.36. The lowest BCUT2D eigenvalue weighted by molar-refractivity contribution is 0.360. The van der Waals surface area contributed by atoms with Crippen molar-refractivity contribution in [2.24, 2.45) is 0 Å². The molecule has 5 heteroatoms. The van der Waals surface area contributed by atoms with E-state index in [9.17, 15) is 0 Å². The maximum Gasteiger partial charge on any atom is 0.147 e. The second-order valence-electron chi connectivity index (χ2n) is 5.26. The van der Waals surface area contributed by atoms with Gasteiger partial charge in [0.15, 0.2) is 0 Å². The van der Waals surface area contributed by atoms with Crippen molar-refractivity contribution in [3.8, 4) is 11.1 Å². The summed E-state index contributed by atoms with van der Waals surface area (Å²) in [6.07, 6.45) is 1.18. The molecular weight excluding hydrogens is 268 g/mol. The molecule has 1 aromatic carbocycles. The predicted octanol–water partition coefficient (Wildman–Crippen LogP) is 2.53. The number of nitrogen functional groups attached to an aromatic ring is 1. The third-order valence-corrected chi connectivity index (χ3v) is 4.69. The molecule has 0 atom stereocenters.